The number of carbonyl (C=O) groups excluding carboxylic acids is 1. The Morgan fingerprint density at radius 1 is 0.935 bits per heavy atom. The summed E-state index contributed by atoms with van der Waals surface area (Å²) in [4.78, 5) is 18.3. The van der Waals surface area contributed by atoms with Crippen molar-refractivity contribution in [1.82, 2.24) is 15.3 Å². The molecule has 0 aliphatic heterocycles. The molecule has 4 aromatic rings. The molecule has 0 saturated carbocycles. The maximum absolute atomic E-state index is 12.9. The molecule has 8 heteroatoms. The van der Waals surface area contributed by atoms with Gasteiger partial charge in [0.1, 0.15) is 12.3 Å². The molecule has 0 radical (unpaired) electrons. The van der Waals surface area contributed by atoms with E-state index < -0.39 is 5.91 Å². The van der Waals surface area contributed by atoms with Crippen LogP contribution in [0.5, 0.6) is 0 Å². The molecular formula is C23H16Cl3N3O2. The van der Waals surface area contributed by atoms with E-state index >= 15 is 0 Å². The molecule has 0 unspecified atom stereocenters. The summed E-state index contributed by atoms with van der Waals surface area (Å²) in [6.07, 6.45) is 1.66. The number of hydrogen-bond acceptors (Lipinski definition) is 3. The summed E-state index contributed by atoms with van der Waals surface area (Å²) in [7, 11) is 0. The van der Waals surface area contributed by atoms with Gasteiger partial charge >= 0.3 is 0 Å². The van der Waals surface area contributed by atoms with Gasteiger partial charge in [0.2, 0.25) is 0 Å². The number of para-hydroxylation sites is 1. The van der Waals surface area contributed by atoms with Gasteiger partial charge in [0, 0.05) is 26.8 Å². The maximum Gasteiger partial charge on any atom is 0.278 e. The second-order valence-corrected chi connectivity index (χ2v) is 7.91. The smallest absolute Gasteiger partial charge is 0.269 e. The zero-order valence-electron chi connectivity index (χ0n) is 16.1. The predicted molar refractivity (Wildman–Crippen MR) is 123 cm³/mol. The van der Waals surface area contributed by atoms with Gasteiger partial charge in [0.05, 0.1) is 11.3 Å². The van der Waals surface area contributed by atoms with Crippen molar-refractivity contribution in [3.05, 3.63) is 105 Å². The fraction of sp³-hybridized carbons (Fsp3) is 0.0435. The van der Waals surface area contributed by atoms with Crippen molar-refractivity contribution >= 4 is 40.7 Å². The van der Waals surface area contributed by atoms with Crippen LogP contribution in [0.15, 0.2) is 79.0 Å². The number of nitrogens with zero attached hydrogens (tertiary/aromatic N) is 2. The van der Waals surface area contributed by atoms with Gasteiger partial charge in [-0.1, -0.05) is 71.2 Å². The van der Waals surface area contributed by atoms with Crippen molar-refractivity contribution in [1.29, 1.82) is 0 Å². The van der Waals surface area contributed by atoms with Crippen LogP contribution in [-0.4, -0.2) is 15.7 Å². The van der Waals surface area contributed by atoms with Gasteiger partial charge in [-0.05, 0) is 42.0 Å². The largest absolute Gasteiger partial charge is 0.278 e. The first kappa shape index (κ1) is 21.4. The Bertz CT molecular complexity index is 1210. The molecule has 0 fully saturated rings. The lowest BCUT2D eigenvalue weighted by Gasteiger charge is -2.08. The predicted octanol–water partition coefficient (Wildman–Crippen LogP) is 6.36. The first-order valence-corrected chi connectivity index (χ1v) is 10.4. The van der Waals surface area contributed by atoms with E-state index in [4.69, 9.17) is 39.6 Å². The van der Waals surface area contributed by atoms with Crippen molar-refractivity contribution in [3.8, 4) is 16.9 Å². The summed E-state index contributed by atoms with van der Waals surface area (Å²) >= 11 is 18.1. The fourth-order valence-corrected chi connectivity index (χ4v) is 3.54. The molecule has 0 spiro atoms. The summed E-state index contributed by atoms with van der Waals surface area (Å²) in [5.41, 5.74) is 5.60. The zero-order valence-corrected chi connectivity index (χ0v) is 18.3. The average molecular weight is 473 g/mol. The monoisotopic (exact) mass is 471 g/mol. The number of nitrogens with one attached hydrogen (secondary N) is 1. The van der Waals surface area contributed by atoms with E-state index in [1.165, 1.54) is 0 Å². The summed E-state index contributed by atoms with van der Waals surface area (Å²) in [6.45, 7) is 0.0881. The lowest BCUT2D eigenvalue weighted by Crippen LogP contribution is -2.23. The molecule has 3 aromatic carbocycles. The first-order chi connectivity index (χ1) is 15.0. The first-order valence-electron chi connectivity index (χ1n) is 9.28. The number of aromatic nitrogens is 2. The third kappa shape index (κ3) is 5.09. The Kier molecular flexibility index (Phi) is 6.59. The van der Waals surface area contributed by atoms with Gasteiger partial charge in [0.15, 0.2) is 0 Å². The van der Waals surface area contributed by atoms with Crippen LogP contribution in [0.25, 0.3) is 16.9 Å². The van der Waals surface area contributed by atoms with E-state index in [9.17, 15) is 4.79 Å². The molecule has 0 aliphatic carbocycles. The molecule has 0 aliphatic rings. The van der Waals surface area contributed by atoms with E-state index in [1.807, 2.05) is 42.5 Å². The molecule has 5 nitrogen and oxygen atoms in total. The van der Waals surface area contributed by atoms with Gasteiger partial charge in [-0.15, -0.1) is 0 Å². The SMILES string of the molecule is O=C(NOCc1ccc(Cl)cc1Cl)c1cn(-c2ccccc2)nc1-c1ccc(Cl)cc1. The third-order valence-electron chi connectivity index (χ3n) is 4.50. The van der Waals surface area contributed by atoms with Crippen molar-refractivity contribution < 1.29 is 9.63 Å². The molecule has 0 atom stereocenters. The Balaban J connectivity index is 1.58. The van der Waals surface area contributed by atoms with E-state index in [2.05, 4.69) is 10.6 Å². The van der Waals surface area contributed by atoms with Crippen molar-refractivity contribution in [2.45, 2.75) is 6.61 Å². The molecule has 1 N–H and O–H groups in total. The minimum atomic E-state index is -0.433. The van der Waals surface area contributed by atoms with E-state index in [1.54, 1.807) is 41.2 Å². The van der Waals surface area contributed by atoms with Gasteiger partial charge in [-0.2, -0.15) is 5.10 Å². The highest BCUT2D eigenvalue weighted by Gasteiger charge is 2.19. The number of halogens is 3. The molecule has 31 heavy (non-hydrogen) atoms. The van der Waals surface area contributed by atoms with Gasteiger partial charge in [-0.25, -0.2) is 10.2 Å². The summed E-state index contributed by atoms with van der Waals surface area (Å²) in [5.74, 6) is -0.433. The Hall–Kier alpha value is -2.83. The molecule has 1 heterocycles. The normalized spacial score (nSPS) is 10.8. The van der Waals surface area contributed by atoms with Crippen LogP contribution >= 0.6 is 34.8 Å². The highest BCUT2D eigenvalue weighted by Crippen LogP contribution is 2.26. The van der Waals surface area contributed by atoms with E-state index in [0.29, 0.717) is 31.9 Å². The molecular weight excluding hydrogens is 457 g/mol. The van der Waals surface area contributed by atoms with Gasteiger partial charge < -0.3 is 0 Å². The highest BCUT2D eigenvalue weighted by molar-refractivity contribution is 6.35. The number of hydrogen-bond donors (Lipinski definition) is 1. The maximum atomic E-state index is 12.9. The Morgan fingerprint density at radius 3 is 2.35 bits per heavy atom. The second kappa shape index (κ2) is 9.54. The van der Waals surface area contributed by atoms with Crippen molar-refractivity contribution in [2.24, 2.45) is 0 Å². The molecule has 1 aromatic heterocycles. The zero-order chi connectivity index (χ0) is 21.8. The van der Waals surface area contributed by atoms with Crippen LogP contribution in [0.2, 0.25) is 15.1 Å². The highest BCUT2D eigenvalue weighted by atomic mass is 35.5. The summed E-state index contributed by atoms with van der Waals surface area (Å²) < 4.78 is 1.65. The minimum absolute atomic E-state index is 0.0881. The minimum Gasteiger partial charge on any atom is -0.269 e. The van der Waals surface area contributed by atoms with Crippen molar-refractivity contribution in [2.75, 3.05) is 0 Å². The third-order valence-corrected chi connectivity index (χ3v) is 5.34. The fourth-order valence-electron chi connectivity index (χ4n) is 2.95. The quantitative estimate of drug-likeness (QED) is 0.332. The second-order valence-electron chi connectivity index (χ2n) is 6.63. The van der Waals surface area contributed by atoms with E-state index in [0.717, 1.165) is 11.3 Å². The van der Waals surface area contributed by atoms with E-state index in [-0.39, 0.29) is 6.61 Å². The number of rotatable bonds is 6. The topological polar surface area (TPSA) is 56.1 Å². The number of benzene rings is 3. The standard InChI is InChI=1S/C23H16Cl3N3O2/c24-17-9-6-15(7-10-17)22-20(13-29(27-22)19-4-2-1-3-5-19)23(30)28-31-14-16-8-11-18(25)12-21(16)26/h1-13H,14H2,(H,28,30). The molecule has 1 amide bonds. The Morgan fingerprint density at radius 2 is 1.65 bits per heavy atom. The lowest BCUT2D eigenvalue weighted by molar-refractivity contribution is 0.0234. The van der Waals surface area contributed by atoms with Gasteiger partial charge in [-0.3, -0.25) is 9.63 Å². The summed E-state index contributed by atoms with van der Waals surface area (Å²) in [6, 6.07) is 21.7. The van der Waals surface area contributed by atoms with Crippen LogP contribution in [0.3, 0.4) is 0 Å². The van der Waals surface area contributed by atoms with Crippen LogP contribution in [0, 0.1) is 0 Å². The molecule has 156 valence electrons. The van der Waals surface area contributed by atoms with Gasteiger partial charge in [0.25, 0.3) is 5.91 Å². The number of carbonyl (C=O) groups is 1. The molecule has 4 rings (SSSR count). The van der Waals surface area contributed by atoms with Crippen molar-refractivity contribution in [3.63, 3.8) is 0 Å². The number of hydroxylamine groups is 1. The Labute approximate surface area is 194 Å². The lowest BCUT2D eigenvalue weighted by atomic mass is 10.1. The summed E-state index contributed by atoms with van der Waals surface area (Å²) in [5, 5.41) is 6.20. The van der Waals surface area contributed by atoms with Crippen LogP contribution < -0.4 is 5.48 Å². The molecule has 0 saturated heterocycles. The van der Waals surface area contributed by atoms with Crippen LogP contribution in [-0.2, 0) is 11.4 Å². The van der Waals surface area contributed by atoms with Crippen LogP contribution in [0.4, 0.5) is 0 Å². The number of amides is 1. The molecule has 0 bridgehead atoms. The van der Waals surface area contributed by atoms with Crippen LogP contribution in [0.1, 0.15) is 15.9 Å². The average Bonchev–Trinajstić information content (AvgIpc) is 3.22.